The van der Waals surface area contributed by atoms with Crippen molar-refractivity contribution >= 4 is 23.4 Å². The molecule has 106 valence electrons. The number of likely N-dealkylation sites (tertiary alicyclic amines) is 1. The molecular weight excluding hydrogens is 258 g/mol. The van der Waals surface area contributed by atoms with Crippen molar-refractivity contribution in [3.63, 3.8) is 0 Å². The number of amides is 3. The topological polar surface area (TPSA) is 92.5 Å². The van der Waals surface area contributed by atoms with Gasteiger partial charge in [0.2, 0.25) is 11.8 Å². The van der Waals surface area contributed by atoms with Crippen molar-refractivity contribution in [1.29, 1.82) is 0 Å². The van der Waals surface area contributed by atoms with E-state index in [4.69, 9.17) is 5.73 Å². The highest BCUT2D eigenvalue weighted by molar-refractivity contribution is 6.06. The van der Waals surface area contributed by atoms with E-state index in [-0.39, 0.29) is 30.6 Å². The Morgan fingerprint density at radius 2 is 2.00 bits per heavy atom. The van der Waals surface area contributed by atoms with Crippen molar-refractivity contribution < 1.29 is 14.4 Å². The normalized spacial score (nSPS) is 18.4. The predicted octanol–water partition coefficient (Wildman–Crippen LogP) is 0.0749. The molecule has 3 N–H and O–H groups in total. The number of imide groups is 1. The molecule has 0 bridgehead atoms. The van der Waals surface area contributed by atoms with Crippen molar-refractivity contribution in [2.45, 2.75) is 25.3 Å². The zero-order valence-corrected chi connectivity index (χ0v) is 11.3. The molecule has 1 saturated heterocycles. The summed E-state index contributed by atoms with van der Waals surface area (Å²) in [6.07, 6.45) is 0.880. The lowest BCUT2D eigenvalue weighted by Gasteiger charge is -2.11. The average molecular weight is 275 g/mol. The minimum atomic E-state index is -0.716. The summed E-state index contributed by atoms with van der Waals surface area (Å²) in [4.78, 5) is 35.8. The smallest absolute Gasteiger partial charge is 0.252 e. The monoisotopic (exact) mass is 275 g/mol. The molecule has 20 heavy (non-hydrogen) atoms. The highest BCUT2D eigenvalue weighted by Crippen LogP contribution is 2.11. The van der Waals surface area contributed by atoms with Gasteiger partial charge in [-0.25, -0.2) is 0 Å². The highest BCUT2D eigenvalue weighted by atomic mass is 16.2. The first-order valence-electron chi connectivity index (χ1n) is 6.41. The van der Waals surface area contributed by atoms with Gasteiger partial charge in [-0.3, -0.25) is 19.3 Å². The van der Waals surface area contributed by atoms with E-state index in [1.807, 2.05) is 12.1 Å². The van der Waals surface area contributed by atoms with Crippen molar-refractivity contribution in [2.24, 2.45) is 0 Å². The van der Waals surface area contributed by atoms with Gasteiger partial charge in [-0.1, -0.05) is 12.1 Å². The van der Waals surface area contributed by atoms with Crippen molar-refractivity contribution in [1.82, 2.24) is 10.2 Å². The van der Waals surface area contributed by atoms with Crippen LogP contribution in [0.2, 0.25) is 0 Å². The average Bonchev–Trinajstić information content (AvgIpc) is 2.66. The van der Waals surface area contributed by atoms with Crippen LogP contribution < -0.4 is 11.1 Å². The number of nitrogens with two attached hydrogens (primary N) is 1. The second kappa shape index (κ2) is 5.73. The number of anilines is 1. The van der Waals surface area contributed by atoms with E-state index in [0.29, 0.717) is 12.1 Å². The second-order valence-corrected chi connectivity index (χ2v) is 4.86. The fraction of sp³-hybridized carbons (Fsp3) is 0.357. The Hall–Kier alpha value is -2.37. The minimum Gasteiger partial charge on any atom is -0.399 e. The molecule has 0 aromatic heterocycles. The second-order valence-electron chi connectivity index (χ2n) is 4.86. The standard InChI is InChI=1S/C14H17N3O3/c1-17-13(19)8-11(14(17)20)16-12(18)7-4-9-2-5-10(15)6-3-9/h2-3,5-6,11H,4,7-8,15H2,1H3,(H,16,18). The summed E-state index contributed by atoms with van der Waals surface area (Å²) in [5.74, 6) is -0.849. The Kier molecular flexibility index (Phi) is 4.02. The Labute approximate surface area is 116 Å². The van der Waals surface area contributed by atoms with Gasteiger partial charge in [0.1, 0.15) is 6.04 Å². The third-order valence-corrected chi connectivity index (χ3v) is 3.34. The zero-order valence-electron chi connectivity index (χ0n) is 11.3. The Morgan fingerprint density at radius 3 is 2.55 bits per heavy atom. The summed E-state index contributed by atoms with van der Waals surface area (Å²) < 4.78 is 0. The molecule has 1 unspecified atom stereocenters. The Morgan fingerprint density at radius 1 is 1.35 bits per heavy atom. The molecule has 0 aliphatic carbocycles. The first-order valence-corrected chi connectivity index (χ1v) is 6.41. The van der Waals surface area contributed by atoms with E-state index in [9.17, 15) is 14.4 Å². The summed E-state index contributed by atoms with van der Waals surface area (Å²) >= 11 is 0. The van der Waals surface area contributed by atoms with E-state index in [0.717, 1.165) is 10.5 Å². The zero-order chi connectivity index (χ0) is 14.7. The Bertz CT molecular complexity index is 539. The maximum absolute atomic E-state index is 11.8. The van der Waals surface area contributed by atoms with Crippen LogP contribution in [0.3, 0.4) is 0 Å². The molecule has 0 saturated carbocycles. The van der Waals surface area contributed by atoms with Gasteiger partial charge in [-0.15, -0.1) is 0 Å². The summed E-state index contributed by atoms with van der Waals surface area (Å²) in [7, 11) is 1.42. The third-order valence-electron chi connectivity index (χ3n) is 3.34. The number of carbonyl (C=O) groups excluding carboxylic acids is 3. The molecule has 1 atom stereocenters. The summed E-state index contributed by atoms with van der Waals surface area (Å²) in [6, 6.07) is 6.57. The lowest BCUT2D eigenvalue weighted by Crippen LogP contribution is -2.40. The number of hydrogen-bond acceptors (Lipinski definition) is 4. The van der Waals surface area contributed by atoms with Crippen LogP contribution in [0.25, 0.3) is 0 Å². The van der Waals surface area contributed by atoms with Crippen molar-refractivity contribution in [3.8, 4) is 0 Å². The maximum atomic E-state index is 11.8. The number of aryl methyl sites for hydroxylation is 1. The minimum absolute atomic E-state index is 0.0446. The fourth-order valence-corrected chi connectivity index (χ4v) is 2.08. The largest absolute Gasteiger partial charge is 0.399 e. The summed E-state index contributed by atoms with van der Waals surface area (Å²) in [6.45, 7) is 0. The van der Waals surface area contributed by atoms with E-state index < -0.39 is 6.04 Å². The van der Waals surface area contributed by atoms with Gasteiger partial charge in [0.05, 0.1) is 6.42 Å². The van der Waals surface area contributed by atoms with Crippen LogP contribution in [-0.2, 0) is 20.8 Å². The molecule has 1 aliphatic heterocycles. The van der Waals surface area contributed by atoms with Crippen LogP contribution in [0.15, 0.2) is 24.3 Å². The van der Waals surface area contributed by atoms with Crippen LogP contribution in [0.4, 0.5) is 5.69 Å². The lowest BCUT2D eigenvalue weighted by molar-refractivity contribution is -0.138. The summed E-state index contributed by atoms with van der Waals surface area (Å²) in [5, 5.41) is 2.60. The maximum Gasteiger partial charge on any atom is 0.252 e. The van der Waals surface area contributed by atoms with E-state index in [1.165, 1.54) is 7.05 Å². The molecule has 0 radical (unpaired) electrons. The number of hydrogen-bond donors (Lipinski definition) is 2. The van der Waals surface area contributed by atoms with E-state index >= 15 is 0 Å². The van der Waals surface area contributed by atoms with Crippen LogP contribution in [0.5, 0.6) is 0 Å². The molecule has 1 heterocycles. The molecule has 6 heteroatoms. The predicted molar refractivity (Wildman–Crippen MR) is 73.5 cm³/mol. The lowest BCUT2D eigenvalue weighted by atomic mass is 10.1. The number of nitrogens with zero attached hydrogens (tertiary/aromatic N) is 1. The molecule has 1 aromatic rings. The molecule has 0 spiro atoms. The van der Waals surface area contributed by atoms with Crippen LogP contribution in [-0.4, -0.2) is 35.7 Å². The van der Waals surface area contributed by atoms with Gasteiger partial charge >= 0.3 is 0 Å². The number of nitrogen functional groups attached to an aromatic ring is 1. The molecule has 1 aliphatic rings. The highest BCUT2D eigenvalue weighted by Gasteiger charge is 2.36. The third kappa shape index (κ3) is 3.14. The van der Waals surface area contributed by atoms with Crippen LogP contribution in [0.1, 0.15) is 18.4 Å². The fourth-order valence-electron chi connectivity index (χ4n) is 2.08. The van der Waals surface area contributed by atoms with Gasteiger partial charge in [0.25, 0.3) is 5.91 Å². The van der Waals surface area contributed by atoms with Gasteiger partial charge < -0.3 is 11.1 Å². The van der Waals surface area contributed by atoms with Gasteiger partial charge in [-0.2, -0.15) is 0 Å². The van der Waals surface area contributed by atoms with Gasteiger partial charge in [-0.05, 0) is 24.1 Å². The molecule has 1 aromatic carbocycles. The van der Waals surface area contributed by atoms with Crippen LogP contribution in [0, 0.1) is 0 Å². The number of benzene rings is 1. The van der Waals surface area contributed by atoms with Crippen molar-refractivity contribution in [3.05, 3.63) is 29.8 Å². The van der Waals surface area contributed by atoms with E-state index in [2.05, 4.69) is 5.32 Å². The first-order chi connectivity index (χ1) is 9.47. The Balaban J connectivity index is 1.83. The molecule has 3 amide bonds. The molecular formula is C14H17N3O3. The van der Waals surface area contributed by atoms with Gasteiger partial charge in [0, 0.05) is 19.2 Å². The van der Waals surface area contributed by atoms with Gasteiger partial charge in [0.15, 0.2) is 0 Å². The first kappa shape index (κ1) is 14.0. The van der Waals surface area contributed by atoms with Crippen molar-refractivity contribution in [2.75, 3.05) is 12.8 Å². The SMILES string of the molecule is CN1C(=O)CC(NC(=O)CCc2ccc(N)cc2)C1=O. The summed E-state index contributed by atoms with van der Waals surface area (Å²) in [5.41, 5.74) is 7.26. The quantitative estimate of drug-likeness (QED) is 0.601. The number of nitrogens with one attached hydrogen (secondary N) is 1. The molecule has 2 rings (SSSR count). The van der Waals surface area contributed by atoms with E-state index in [1.54, 1.807) is 12.1 Å². The van der Waals surface area contributed by atoms with Crippen LogP contribution >= 0.6 is 0 Å². The molecule has 6 nitrogen and oxygen atoms in total. The molecule has 1 fully saturated rings. The number of rotatable bonds is 4. The number of likely N-dealkylation sites (N-methyl/N-ethyl adjacent to an activating group) is 1. The number of carbonyl (C=O) groups is 3.